The number of anilines is 1. The van der Waals surface area contributed by atoms with E-state index in [1.54, 1.807) is 31.2 Å². The molecule has 0 radical (unpaired) electrons. The molecule has 166 valence electrons. The van der Waals surface area contributed by atoms with Crippen LogP contribution < -0.4 is 10.1 Å². The van der Waals surface area contributed by atoms with Crippen molar-refractivity contribution >= 4 is 17.3 Å². The third-order valence-electron chi connectivity index (χ3n) is 5.40. The standard InChI is InChI=1S/C22H27N3O6/c1-3-29-14-15-31-20-9-8-19(16(2)23-20)24-21(26)22(10-12-30-13-11-22)17-4-6-18(7-5-17)25(27)28/h4-9H,3,10-15H2,1-2H3,(H,24,26). The second-order valence-corrected chi connectivity index (χ2v) is 7.28. The number of nitrogens with zero attached hydrogens (tertiary/aromatic N) is 2. The van der Waals surface area contributed by atoms with E-state index in [4.69, 9.17) is 14.2 Å². The summed E-state index contributed by atoms with van der Waals surface area (Å²) in [6, 6.07) is 9.64. The number of hydrogen-bond donors (Lipinski definition) is 1. The first-order valence-corrected chi connectivity index (χ1v) is 10.3. The predicted octanol–water partition coefficient (Wildman–Crippen LogP) is 3.40. The summed E-state index contributed by atoms with van der Waals surface area (Å²) < 4.78 is 16.3. The maximum absolute atomic E-state index is 13.4. The van der Waals surface area contributed by atoms with Crippen molar-refractivity contribution in [2.24, 2.45) is 0 Å². The molecule has 31 heavy (non-hydrogen) atoms. The van der Waals surface area contributed by atoms with Gasteiger partial charge in [-0.1, -0.05) is 12.1 Å². The number of carbonyl (C=O) groups excluding carboxylic acids is 1. The molecule has 1 saturated heterocycles. The van der Waals surface area contributed by atoms with Gasteiger partial charge in [-0.25, -0.2) is 4.98 Å². The van der Waals surface area contributed by atoms with Crippen LogP contribution in [0.15, 0.2) is 36.4 Å². The van der Waals surface area contributed by atoms with Crippen LogP contribution in [0.4, 0.5) is 11.4 Å². The lowest BCUT2D eigenvalue weighted by molar-refractivity contribution is -0.384. The topological polar surface area (TPSA) is 113 Å². The van der Waals surface area contributed by atoms with Crippen molar-refractivity contribution in [1.82, 2.24) is 4.98 Å². The minimum Gasteiger partial charge on any atom is -0.475 e. The zero-order valence-electron chi connectivity index (χ0n) is 17.8. The lowest BCUT2D eigenvalue weighted by Crippen LogP contribution is -2.45. The van der Waals surface area contributed by atoms with E-state index < -0.39 is 10.3 Å². The second kappa shape index (κ2) is 10.3. The first kappa shape index (κ1) is 22.6. The molecule has 0 atom stereocenters. The molecule has 1 aliphatic rings. The molecule has 1 fully saturated rings. The normalized spacial score (nSPS) is 15.3. The minimum absolute atomic E-state index is 0.00802. The van der Waals surface area contributed by atoms with Crippen LogP contribution in [0.3, 0.4) is 0 Å². The highest BCUT2D eigenvalue weighted by Crippen LogP contribution is 2.37. The van der Waals surface area contributed by atoms with Crippen LogP contribution in [-0.4, -0.2) is 48.8 Å². The van der Waals surface area contributed by atoms with Crippen molar-refractivity contribution in [3.05, 3.63) is 57.8 Å². The van der Waals surface area contributed by atoms with E-state index in [-0.39, 0.29) is 11.6 Å². The van der Waals surface area contributed by atoms with Crippen molar-refractivity contribution < 1.29 is 23.9 Å². The van der Waals surface area contributed by atoms with Gasteiger partial charge >= 0.3 is 0 Å². The molecule has 0 saturated carbocycles. The molecule has 0 spiro atoms. The van der Waals surface area contributed by atoms with Crippen molar-refractivity contribution in [3.8, 4) is 5.88 Å². The van der Waals surface area contributed by atoms with Crippen LogP contribution in [0.5, 0.6) is 5.88 Å². The first-order valence-electron chi connectivity index (χ1n) is 10.3. The summed E-state index contributed by atoms with van der Waals surface area (Å²) in [6.07, 6.45) is 0.976. The Morgan fingerprint density at radius 2 is 1.90 bits per heavy atom. The summed E-state index contributed by atoms with van der Waals surface area (Å²) in [5.74, 6) is 0.283. The third kappa shape index (κ3) is 5.36. The molecule has 1 N–H and O–H groups in total. The van der Waals surface area contributed by atoms with Gasteiger partial charge in [0.05, 0.1) is 28.3 Å². The highest BCUT2D eigenvalue weighted by atomic mass is 16.6. The molecule has 3 rings (SSSR count). The Labute approximate surface area is 180 Å². The van der Waals surface area contributed by atoms with Crippen LogP contribution in [0, 0.1) is 17.0 Å². The maximum atomic E-state index is 13.4. The van der Waals surface area contributed by atoms with Crippen LogP contribution in [0.1, 0.15) is 31.0 Å². The molecule has 9 nitrogen and oxygen atoms in total. The van der Waals surface area contributed by atoms with E-state index >= 15 is 0 Å². The van der Waals surface area contributed by atoms with E-state index in [1.165, 1.54) is 12.1 Å². The number of hydrogen-bond acceptors (Lipinski definition) is 7. The SMILES string of the molecule is CCOCCOc1ccc(NC(=O)C2(c3ccc([N+](=O)[O-])cc3)CCOCC2)c(C)n1. The van der Waals surface area contributed by atoms with Gasteiger partial charge in [0.2, 0.25) is 11.8 Å². The fourth-order valence-corrected chi connectivity index (χ4v) is 3.61. The molecule has 0 aliphatic carbocycles. The van der Waals surface area contributed by atoms with Crippen LogP contribution in [0.25, 0.3) is 0 Å². The first-order chi connectivity index (χ1) is 15.0. The van der Waals surface area contributed by atoms with Crippen LogP contribution in [-0.2, 0) is 19.7 Å². The van der Waals surface area contributed by atoms with E-state index in [1.807, 2.05) is 6.92 Å². The molecule has 9 heteroatoms. The third-order valence-corrected chi connectivity index (χ3v) is 5.40. The molecular formula is C22H27N3O6. The highest BCUT2D eigenvalue weighted by molar-refractivity contribution is 5.99. The minimum atomic E-state index is -0.827. The van der Waals surface area contributed by atoms with Gasteiger partial charge in [0, 0.05) is 38.0 Å². The Morgan fingerprint density at radius 3 is 2.52 bits per heavy atom. The number of carbonyl (C=O) groups is 1. The molecular weight excluding hydrogens is 402 g/mol. The van der Waals surface area contributed by atoms with E-state index in [9.17, 15) is 14.9 Å². The Bertz CT molecular complexity index is 910. The quantitative estimate of drug-likeness (QED) is 0.369. The van der Waals surface area contributed by atoms with Gasteiger partial charge in [0.25, 0.3) is 5.69 Å². The molecule has 1 amide bonds. The van der Waals surface area contributed by atoms with Crippen molar-refractivity contribution in [2.75, 3.05) is 38.4 Å². The van der Waals surface area contributed by atoms with Gasteiger partial charge in [-0.3, -0.25) is 14.9 Å². The molecule has 0 bridgehead atoms. The monoisotopic (exact) mass is 429 g/mol. The summed E-state index contributed by atoms with van der Waals surface area (Å²) >= 11 is 0. The maximum Gasteiger partial charge on any atom is 0.269 e. The number of non-ortho nitro benzene ring substituents is 1. The van der Waals surface area contributed by atoms with Gasteiger partial charge in [-0.15, -0.1) is 0 Å². The largest absolute Gasteiger partial charge is 0.475 e. The number of nitro benzene ring substituents is 1. The Hall–Kier alpha value is -3.04. The van der Waals surface area contributed by atoms with E-state index in [0.29, 0.717) is 63.1 Å². The smallest absolute Gasteiger partial charge is 0.269 e. The number of nitrogens with one attached hydrogen (secondary N) is 1. The van der Waals surface area contributed by atoms with E-state index in [0.717, 1.165) is 5.56 Å². The van der Waals surface area contributed by atoms with Gasteiger partial charge in [0.1, 0.15) is 6.61 Å². The lowest BCUT2D eigenvalue weighted by Gasteiger charge is -2.36. The zero-order chi connectivity index (χ0) is 22.3. The predicted molar refractivity (Wildman–Crippen MR) is 114 cm³/mol. The van der Waals surface area contributed by atoms with Gasteiger partial charge in [-0.2, -0.15) is 0 Å². The number of pyridine rings is 1. The summed E-state index contributed by atoms with van der Waals surface area (Å²) in [5.41, 5.74) is 1.13. The number of aromatic nitrogens is 1. The average molecular weight is 429 g/mol. The van der Waals surface area contributed by atoms with Crippen molar-refractivity contribution in [1.29, 1.82) is 0 Å². The molecule has 1 aromatic carbocycles. The Morgan fingerprint density at radius 1 is 1.19 bits per heavy atom. The zero-order valence-corrected chi connectivity index (χ0v) is 17.8. The number of rotatable bonds is 9. The second-order valence-electron chi connectivity index (χ2n) is 7.28. The summed E-state index contributed by atoms with van der Waals surface area (Å²) in [5, 5.41) is 14.0. The number of amides is 1. The van der Waals surface area contributed by atoms with Crippen LogP contribution >= 0.6 is 0 Å². The number of benzene rings is 1. The number of nitro groups is 1. The average Bonchev–Trinajstić information content (AvgIpc) is 2.79. The highest BCUT2D eigenvalue weighted by Gasteiger charge is 2.42. The van der Waals surface area contributed by atoms with Crippen LogP contribution in [0.2, 0.25) is 0 Å². The summed E-state index contributed by atoms with van der Waals surface area (Å²) in [7, 11) is 0. The summed E-state index contributed by atoms with van der Waals surface area (Å²) in [4.78, 5) is 28.4. The van der Waals surface area contributed by atoms with Gasteiger partial charge < -0.3 is 19.5 Å². The molecule has 1 aromatic heterocycles. The molecule has 2 aromatic rings. The summed E-state index contributed by atoms with van der Waals surface area (Å²) in [6.45, 7) is 6.10. The lowest BCUT2D eigenvalue weighted by atomic mass is 9.73. The number of aryl methyl sites for hydroxylation is 1. The van der Waals surface area contributed by atoms with Crippen molar-refractivity contribution in [2.45, 2.75) is 32.1 Å². The molecule has 1 aliphatic heterocycles. The Balaban J connectivity index is 1.77. The van der Waals surface area contributed by atoms with E-state index in [2.05, 4.69) is 10.3 Å². The van der Waals surface area contributed by atoms with Gasteiger partial charge in [-0.05, 0) is 38.3 Å². The number of ether oxygens (including phenoxy) is 3. The molecule has 2 heterocycles. The molecule has 0 unspecified atom stereocenters. The van der Waals surface area contributed by atoms with Gasteiger partial charge in [0.15, 0.2) is 0 Å². The Kier molecular flexibility index (Phi) is 7.54. The fourth-order valence-electron chi connectivity index (χ4n) is 3.61. The fraction of sp³-hybridized carbons (Fsp3) is 0.455. The van der Waals surface area contributed by atoms with Crippen molar-refractivity contribution in [3.63, 3.8) is 0 Å².